The molecular formula is C15H31N3O2. The van der Waals surface area contributed by atoms with Gasteiger partial charge in [-0.3, -0.25) is 9.69 Å². The van der Waals surface area contributed by atoms with Crippen molar-refractivity contribution in [2.75, 3.05) is 52.4 Å². The van der Waals surface area contributed by atoms with E-state index in [1.54, 1.807) is 0 Å². The van der Waals surface area contributed by atoms with Crippen molar-refractivity contribution in [1.29, 1.82) is 0 Å². The number of nitrogens with two attached hydrogens (primary N) is 1. The largest absolute Gasteiger partial charge is 0.466 e. The van der Waals surface area contributed by atoms with E-state index in [0.29, 0.717) is 13.0 Å². The zero-order valence-electron chi connectivity index (χ0n) is 13.0. The number of hydrogen-bond acceptors (Lipinski definition) is 5. The lowest BCUT2D eigenvalue weighted by atomic mass is 10.2. The van der Waals surface area contributed by atoms with E-state index >= 15 is 0 Å². The Bertz CT molecular complexity index is 254. The Morgan fingerprint density at radius 2 is 1.70 bits per heavy atom. The molecule has 20 heavy (non-hydrogen) atoms. The van der Waals surface area contributed by atoms with Crippen LogP contribution in [0.3, 0.4) is 0 Å². The monoisotopic (exact) mass is 285 g/mol. The third kappa shape index (κ3) is 7.82. The molecule has 1 heterocycles. The molecule has 0 aliphatic carbocycles. The maximum Gasteiger partial charge on any atom is 0.307 e. The number of nitrogens with zero attached hydrogens (tertiary/aromatic N) is 2. The number of unbranched alkanes of at least 4 members (excludes halogenated alkanes) is 3. The molecule has 1 aliphatic heterocycles. The summed E-state index contributed by atoms with van der Waals surface area (Å²) in [6.07, 6.45) is 5.11. The van der Waals surface area contributed by atoms with Crippen molar-refractivity contribution in [2.45, 2.75) is 39.0 Å². The normalized spacial score (nSPS) is 17.3. The third-order valence-corrected chi connectivity index (χ3v) is 3.80. The molecule has 1 saturated heterocycles. The molecule has 0 aromatic heterocycles. The highest BCUT2D eigenvalue weighted by molar-refractivity contribution is 5.69. The van der Waals surface area contributed by atoms with Crippen LogP contribution in [0.25, 0.3) is 0 Å². The highest BCUT2D eigenvalue weighted by atomic mass is 16.5. The van der Waals surface area contributed by atoms with E-state index < -0.39 is 0 Å². The fourth-order valence-electron chi connectivity index (χ4n) is 2.46. The first-order chi connectivity index (χ1) is 9.76. The van der Waals surface area contributed by atoms with Gasteiger partial charge in [-0.05, 0) is 6.42 Å². The van der Waals surface area contributed by atoms with Gasteiger partial charge >= 0.3 is 5.97 Å². The Hall–Kier alpha value is -0.650. The minimum atomic E-state index is -0.0501. The summed E-state index contributed by atoms with van der Waals surface area (Å²) >= 11 is 0. The molecule has 0 unspecified atom stereocenters. The number of hydrogen-bond donors (Lipinski definition) is 1. The molecule has 118 valence electrons. The Balaban J connectivity index is 1.99. The molecule has 0 aromatic carbocycles. The summed E-state index contributed by atoms with van der Waals surface area (Å²) in [5, 5.41) is 0. The first kappa shape index (κ1) is 17.4. The molecule has 5 nitrogen and oxygen atoms in total. The molecule has 1 fully saturated rings. The van der Waals surface area contributed by atoms with Crippen LogP contribution >= 0.6 is 0 Å². The predicted molar refractivity (Wildman–Crippen MR) is 81.7 cm³/mol. The molecular weight excluding hydrogens is 254 g/mol. The molecule has 1 aliphatic rings. The van der Waals surface area contributed by atoms with E-state index in [4.69, 9.17) is 10.5 Å². The number of carbonyl (C=O) groups excluding carboxylic acids is 1. The number of piperazine rings is 1. The lowest BCUT2D eigenvalue weighted by Gasteiger charge is -2.34. The van der Waals surface area contributed by atoms with Gasteiger partial charge in [-0.1, -0.05) is 26.2 Å². The van der Waals surface area contributed by atoms with Crippen LogP contribution < -0.4 is 5.73 Å². The number of esters is 1. The summed E-state index contributed by atoms with van der Waals surface area (Å²) in [5.74, 6) is -0.0501. The van der Waals surface area contributed by atoms with Crippen molar-refractivity contribution in [3.63, 3.8) is 0 Å². The molecule has 0 aromatic rings. The van der Waals surface area contributed by atoms with Crippen LogP contribution in [0.4, 0.5) is 0 Å². The lowest BCUT2D eigenvalue weighted by molar-refractivity contribution is -0.144. The number of ether oxygens (including phenoxy) is 1. The van der Waals surface area contributed by atoms with Gasteiger partial charge in [0, 0.05) is 45.8 Å². The van der Waals surface area contributed by atoms with Crippen molar-refractivity contribution in [1.82, 2.24) is 9.80 Å². The van der Waals surface area contributed by atoms with Gasteiger partial charge in [-0.25, -0.2) is 0 Å². The molecule has 0 radical (unpaired) electrons. The smallest absolute Gasteiger partial charge is 0.307 e. The zero-order valence-corrected chi connectivity index (χ0v) is 13.0. The maximum atomic E-state index is 11.6. The maximum absolute atomic E-state index is 11.6. The molecule has 0 saturated carbocycles. The van der Waals surface area contributed by atoms with Crippen molar-refractivity contribution in [2.24, 2.45) is 5.73 Å². The minimum Gasteiger partial charge on any atom is -0.466 e. The zero-order chi connectivity index (χ0) is 14.6. The van der Waals surface area contributed by atoms with Gasteiger partial charge in [0.05, 0.1) is 13.0 Å². The van der Waals surface area contributed by atoms with Gasteiger partial charge in [-0.15, -0.1) is 0 Å². The Morgan fingerprint density at radius 3 is 2.30 bits per heavy atom. The van der Waals surface area contributed by atoms with E-state index in [9.17, 15) is 4.79 Å². The molecule has 1 rings (SSSR count). The SMILES string of the molecule is CCCCCCOC(=O)CCN1CCN(CCN)CC1. The Kier molecular flexibility index (Phi) is 9.62. The Morgan fingerprint density at radius 1 is 1.05 bits per heavy atom. The first-order valence-corrected chi connectivity index (χ1v) is 8.06. The van der Waals surface area contributed by atoms with Gasteiger partial charge in [0.2, 0.25) is 0 Å². The molecule has 5 heteroatoms. The van der Waals surface area contributed by atoms with Crippen LogP contribution in [-0.2, 0) is 9.53 Å². The quantitative estimate of drug-likeness (QED) is 0.481. The molecule has 0 spiro atoms. The van der Waals surface area contributed by atoms with E-state index in [0.717, 1.165) is 58.7 Å². The minimum absolute atomic E-state index is 0.0501. The second-order valence-electron chi connectivity index (χ2n) is 5.50. The fourth-order valence-corrected chi connectivity index (χ4v) is 2.46. The molecule has 0 bridgehead atoms. The van der Waals surface area contributed by atoms with Crippen LogP contribution in [0.1, 0.15) is 39.0 Å². The lowest BCUT2D eigenvalue weighted by Crippen LogP contribution is -2.48. The summed E-state index contributed by atoms with van der Waals surface area (Å²) in [6, 6.07) is 0. The van der Waals surface area contributed by atoms with Gasteiger partial charge in [0.1, 0.15) is 0 Å². The van der Waals surface area contributed by atoms with Crippen molar-refractivity contribution >= 4 is 5.97 Å². The summed E-state index contributed by atoms with van der Waals surface area (Å²) < 4.78 is 5.25. The predicted octanol–water partition coefficient (Wildman–Crippen LogP) is 1.08. The van der Waals surface area contributed by atoms with Gasteiger partial charge in [-0.2, -0.15) is 0 Å². The van der Waals surface area contributed by atoms with E-state index in [2.05, 4.69) is 16.7 Å². The summed E-state index contributed by atoms with van der Waals surface area (Å²) in [7, 11) is 0. The number of rotatable bonds is 10. The Labute approximate surface area is 123 Å². The second kappa shape index (κ2) is 11.1. The van der Waals surface area contributed by atoms with E-state index in [1.807, 2.05) is 0 Å². The fraction of sp³-hybridized carbons (Fsp3) is 0.933. The number of carbonyl (C=O) groups is 1. The first-order valence-electron chi connectivity index (χ1n) is 8.06. The third-order valence-electron chi connectivity index (χ3n) is 3.80. The summed E-state index contributed by atoms with van der Waals surface area (Å²) in [5.41, 5.74) is 5.55. The highest BCUT2D eigenvalue weighted by Crippen LogP contribution is 2.03. The molecule has 0 atom stereocenters. The van der Waals surface area contributed by atoms with Gasteiger partial charge in [0.15, 0.2) is 0 Å². The van der Waals surface area contributed by atoms with E-state index in [-0.39, 0.29) is 5.97 Å². The van der Waals surface area contributed by atoms with Crippen LogP contribution in [0.5, 0.6) is 0 Å². The van der Waals surface area contributed by atoms with Gasteiger partial charge < -0.3 is 15.4 Å². The van der Waals surface area contributed by atoms with Crippen LogP contribution in [0.15, 0.2) is 0 Å². The summed E-state index contributed by atoms with van der Waals surface area (Å²) in [4.78, 5) is 16.3. The van der Waals surface area contributed by atoms with E-state index in [1.165, 1.54) is 12.8 Å². The van der Waals surface area contributed by atoms with Gasteiger partial charge in [0.25, 0.3) is 0 Å². The average Bonchev–Trinajstić information content (AvgIpc) is 2.47. The van der Waals surface area contributed by atoms with Crippen molar-refractivity contribution in [3.8, 4) is 0 Å². The van der Waals surface area contributed by atoms with Crippen LogP contribution in [0, 0.1) is 0 Å². The summed E-state index contributed by atoms with van der Waals surface area (Å²) in [6.45, 7) is 9.48. The standard InChI is InChI=1S/C15H31N3O2/c1-2-3-4-5-14-20-15(19)6-8-17-10-12-18(9-7-16)13-11-17/h2-14,16H2,1H3. The topological polar surface area (TPSA) is 58.8 Å². The van der Waals surface area contributed by atoms with Crippen molar-refractivity contribution in [3.05, 3.63) is 0 Å². The second-order valence-corrected chi connectivity index (χ2v) is 5.50. The van der Waals surface area contributed by atoms with Crippen LogP contribution in [0.2, 0.25) is 0 Å². The molecule has 2 N–H and O–H groups in total. The highest BCUT2D eigenvalue weighted by Gasteiger charge is 2.16. The van der Waals surface area contributed by atoms with Crippen molar-refractivity contribution < 1.29 is 9.53 Å². The van der Waals surface area contributed by atoms with Crippen LogP contribution in [-0.4, -0.2) is 68.2 Å². The average molecular weight is 285 g/mol. The molecule has 0 amide bonds.